The van der Waals surface area contributed by atoms with Gasteiger partial charge in [-0.05, 0) is 13.3 Å². The zero-order valence-electron chi connectivity index (χ0n) is 9.21. The smallest absolute Gasteiger partial charge is 0.310 e. The van der Waals surface area contributed by atoms with Crippen molar-refractivity contribution in [3.8, 4) is 0 Å². The van der Waals surface area contributed by atoms with Crippen LogP contribution in [0.3, 0.4) is 0 Å². The maximum atomic E-state index is 11.7. The van der Waals surface area contributed by atoms with Crippen molar-refractivity contribution in [2.45, 2.75) is 19.4 Å². The van der Waals surface area contributed by atoms with Crippen molar-refractivity contribution < 1.29 is 19.1 Å². The minimum Gasteiger partial charge on any atom is -0.481 e. The van der Waals surface area contributed by atoms with Gasteiger partial charge in [-0.2, -0.15) is 0 Å². The molecule has 0 aromatic carbocycles. The highest BCUT2D eigenvalue weighted by Gasteiger charge is 2.26. The second-order valence-electron chi connectivity index (χ2n) is 3.91. The first-order valence-corrected chi connectivity index (χ1v) is 5.20. The molecule has 1 aliphatic rings. The number of nitrogens with one attached hydrogen (secondary N) is 1. The van der Waals surface area contributed by atoms with Crippen LogP contribution >= 0.6 is 0 Å². The van der Waals surface area contributed by atoms with Crippen LogP contribution in [0, 0.1) is 12.8 Å². The molecule has 0 saturated heterocycles. The van der Waals surface area contributed by atoms with E-state index < -0.39 is 11.9 Å². The maximum absolute atomic E-state index is 11.7. The highest BCUT2D eigenvalue weighted by Crippen LogP contribution is 2.18. The summed E-state index contributed by atoms with van der Waals surface area (Å²) in [5.74, 6) is -1.62. The van der Waals surface area contributed by atoms with Crippen molar-refractivity contribution in [1.29, 1.82) is 0 Å². The first-order chi connectivity index (χ1) is 8.08. The second-order valence-corrected chi connectivity index (χ2v) is 3.91. The van der Waals surface area contributed by atoms with E-state index in [1.165, 1.54) is 6.39 Å². The monoisotopic (exact) mass is 236 g/mol. The predicted molar refractivity (Wildman–Crippen MR) is 57.4 cm³/mol. The Balaban J connectivity index is 1.96. The highest BCUT2D eigenvalue weighted by atomic mass is 16.4. The maximum Gasteiger partial charge on any atom is 0.310 e. The van der Waals surface area contributed by atoms with E-state index in [2.05, 4.69) is 10.3 Å². The third-order valence-electron chi connectivity index (χ3n) is 2.67. The molecule has 1 aromatic heterocycles. The van der Waals surface area contributed by atoms with Crippen LogP contribution in [-0.2, 0) is 4.79 Å². The van der Waals surface area contributed by atoms with Crippen molar-refractivity contribution in [3.05, 3.63) is 30.0 Å². The van der Waals surface area contributed by atoms with Gasteiger partial charge in [0.15, 0.2) is 6.39 Å². The van der Waals surface area contributed by atoms with Crippen molar-refractivity contribution >= 4 is 11.9 Å². The molecule has 1 heterocycles. The molecule has 0 saturated carbocycles. The largest absolute Gasteiger partial charge is 0.481 e. The summed E-state index contributed by atoms with van der Waals surface area (Å²) in [6.45, 7) is 1.67. The number of oxazole rings is 1. The fourth-order valence-electron chi connectivity index (χ4n) is 1.74. The lowest BCUT2D eigenvalue weighted by Gasteiger charge is -2.10. The van der Waals surface area contributed by atoms with Crippen molar-refractivity contribution in [1.82, 2.24) is 10.3 Å². The Morgan fingerprint density at radius 3 is 2.82 bits per heavy atom. The number of aliphatic carboxylic acids is 1. The number of carbonyl (C=O) groups excluding carboxylic acids is 1. The van der Waals surface area contributed by atoms with E-state index in [1.54, 1.807) is 19.1 Å². The lowest BCUT2D eigenvalue weighted by atomic mass is 10.1. The Kier molecular flexibility index (Phi) is 2.95. The molecule has 0 bridgehead atoms. The van der Waals surface area contributed by atoms with Gasteiger partial charge in [-0.15, -0.1) is 0 Å². The molecule has 17 heavy (non-hydrogen) atoms. The van der Waals surface area contributed by atoms with Crippen LogP contribution in [0.2, 0.25) is 0 Å². The molecule has 1 amide bonds. The zero-order valence-corrected chi connectivity index (χ0v) is 9.21. The summed E-state index contributed by atoms with van der Waals surface area (Å²) in [5.41, 5.74) is 0.513. The van der Waals surface area contributed by atoms with Crippen LogP contribution < -0.4 is 5.32 Å². The number of carboxylic acid groups (broad SMARTS) is 1. The molecule has 2 N–H and O–H groups in total. The van der Waals surface area contributed by atoms with Gasteiger partial charge in [0.2, 0.25) is 5.76 Å². The Morgan fingerprint density at radius 2 is 2.29 bits per heavy atom. The fourth-order valence-corrected chi connectivity index (χ4v) is 1.74. The molecular formula is C11H12N2O4. The zero-order chi connectivity index (χ0) is 12.4. The molecule has 0 spiro atoms. The summed E-state index contributed by atoms with van der Waals surface area (Å²) >= 11 is 0. The number of hydrogen-bond donors (Lipinski definition) is 2. The Bertz CT molecular complexity index is 478. The normalized spacial score (nSPS) is 22.6. The summed E-state index contributed by atoms with van der Waals surface area (Å²) in [6, 6.07) is -0.270. The van der Waals surface area contributed by atoms with Gasteiger partial charge in [-0.25, -0.2) is 4.98 Å². The lowest BCUT2D eigenvalue weighted by molar-refractivity contribution is -0.140. The quantitative estimate of drug-likeness (QED) is 0.755. The number of carbonyl (C=O) groups is 2. The number of rotatable bonds is 3. The summed E-state index contributed by atoms with van der Waals surface area (Å²) in [6.07, 6.45) is 4.84. The van der Waals surface area contributed by atoms with E-state index in [1.807, 2.05) is 0 Å². The lowest BCUT2D eigenvalue weighted by Crippen LogP contribution is -2.33. The number of hydrogen-bond acceptors (Lipinski definition) is 4. The van der Waals surface area contributed by atoms with Crippen LogP contribution in [0.1, 0.15) is 22.7 Å². The van der Waals surface area contributed by atoms with Gasteiger partial charge in [-0.1, -0.05) is 12.2 Å². The Hall–Kier alpha value is -2.11. The molecule has 6 nitrogen and oxygen atoms in total. The Labute approximate surface area is 97.3 Å². The van der Waals surface area contributed by atoms with Gasteiger partial charge in [0.25, 0.3) is 5.91 Å². The number of aryl methyl sites for hydroxylation is 1. The average molecular weight is 236 g/mol. The number of aromatic nitrogens is 1. The second kappa shape index (κ2) is 4.40. The van der Waals surface area contributed by atoms with Crippen LogP contribution in [0.15, 0.2) is 23.0 Å². The van der Waals surface area contributed by atoms with Gasteiger partial charge in [0.1, 0.15) is 0 Å². The third-order valence-corrected chi connectivity index (χ3v) is 2.67. The Morgan fingerprint density at radius 1 is 1.53 bits per heavy atom. The predicted octanol–water partition coefficient (Wildman–Crippen LogP) is 0.742. The van der Waals surface area contributed by atoms with E-state index in [0.717, 1.165) is 0 Å². The van der Waals surface area contributed by atoms with Crippen molar-refractivity contribution in [3.63, 3.8) is 0 Å². The molecular weight excluding hydrogens is 224 g/mol. The van der Waals surface area contributed by atoms with Gasteiger partial charge >= 0.3 is 5.97 Å². The molecule has 1 aromatic rings. The summed E-state index contributed by atoms with van der Waals surface area (Å²) in [4.78, 5) is 26.3. The van der Waals surface area contributed by atoms with Crippen LogP contribution in [0.4, 0.5) is 0 Å². The first kappa shape index (κ1) is 11.4. The minimum atomic E-state index is -0.881. The van der Waals surface area contributed by atoms with Crippen LogP contribution in [0.5, 0.6) is 0 Å². The topological polar surface area (TPSA) is 92.4 Å². The number of nitrogens with zero attached hydrogens (tertiary/aromatic N) is 1. The number of amides is 1. The molecule has 6 heteroatoms. The van der Waals surface area contributed by atoms with Crippen LogP contribution in [-0.4, -0.2) is 28.0 Å². The van der Waals surface area contributed by atoms with E-state index in [4.69, 9.17) is 9.52 Å². The first-order valence-electron chi connectivity index (χ1n) is 5.20. The van der Waals surface area contributed by atoms with E-state index in [0.29, 0.717) is 12.1 Å². The van der Waals surface area contributed by atoms with E-state index in [-0.39, 0.29) is 17.7 Å². The standard InChI is InChI=1S/C11H12N2O4/c1-6-9(17-5-12-6)10(14)13-8-3-2-7(4-8)11(15)16/h2-3,5,7-8H,4H2,1H3,(H,13,14)(H,15,16). The average Bonchev–Trinajstić information content (AvgIpc) is 2.86. The molecule has 90 valence electrons. The van der Waals surface area contributed by atoms with Crippen molar-refractivity contribution in [2.75, 3.05) is 0 Å². The van der Waals surface area contributed by atoms with Crippen molar-refractivity contribution in [2.24, 2.45) is 5.92 Å². The number of carboxylic acids is 1. The van der Waals surface area contributed by atoms with Gasteiger partial charge in [0, 0.05) is 6.04 Å². The molecule has 2 rings (SSSR count). The molecule has 0 aliphatic heterocycles. The fraction of sp³-hybridized carbons (Fsp3) is 0.364. The summed E-state index contributed by atoms with van der Waals surface area (Å²) < 4.78 is 4.95. The van der Waals surface area contributed by atoms with E-state index >= 15 is 0 Å². The third kappa shape index (κ3) is 2.35. The molecule has 0 radical (unpaired) electrons. The highest BCUT2D eigenvalue weighted by molar-refractivity contribution is 5.92. The van der Waals surface area contributed by atoms with Crippen LogP contribution in [0.25, 0.3) is 0 Å². The molecule has 2 atom stereocenters. The SMILES string of the molecule is Cc1ncoc1C(=O)NC1C=CC(C(=O)O)C1. The van der Waals surface area contributed by atoms with Gasteiger partial charge in [0.05, 0.1) is 11.6 Å². The van der Waals surface area contributed by atoms with Gasteiger partial charge in [-0.3, -0.25) is 9.59 Å². The molecule has 0 fully saturated rings. The van der Waals surface area contributed by atoms with Gasteiger partial charge < -0.3 is 14.8 Å². The summed E-state index contributed by atoms with van der Waals surface area (Å²) in [7, 11) is 0. The molecule has 1 aliphatic carbocycles. The minimum absolute atomic E-state index is 0.164. The van der Waals surface area contributed by atoms with E-state index in [9.17, 15) is 9.59 Å². The molecule has 2 unspecified atom stereocenters. The summed E-state index contributed by atoms with van der Waals surface area (Å²) in [5, 5.41) is 11.5.